The molecule has 1 atom stereocenters. The molecule has 0 bridgehead atoms. The molecule has 23 heavy (non-hydrogen) atoms. The predicted octanol–water partition coefficient (Wildman–Crippen LogP) is 1.60. The summed E-state index contributed by atoms with van der Waals surface area (Å²) in [5.74, 6) is 0.124. The first-order chi connectivity index (χ1) is 11.0. The Morgan fingerprint density at radius 3 is 2.96 bits per heavy atom. The highest BCUT2D eigenvalue weighted by molar-refractivity contribution is 7.15. The molecule has 0 saturated carbocycles. The normalized spacial score (nSPS) is 16.7. The van der Waals surface area contributed by atoms with Gasteiger partial charge >= 0.3 is 0 Å². The van der Waals surface area contributed by atoms with Gasteiger partial charge in [0, 0.05) is 31.1 Å². The van der Waals surface area contributed by atoms with E-state index in [1.807, 2.05) is 11.6 Å². The van der Waals surface area contributed by atoms with Crippen LogP contribution in [0.15, 0.2) is 12.4 Å². The third-order valence-electron chi connectivity index (χ3n) is 3.91. The van der Waals surface area contributed by atoms with Crippen LogP contribution in [0.1, 0.15) is 34.3 Å². The van der Waals surface area contributed by atoms with E-state index >= 15 is 0 Å². The molecule has 3 rings (SSSR count). The molecule has 0 fully saturated rings. The average molecular weight is 333 g/mol. The summed E-state index contributed by atoms with van der Waals surface area (Å²) in [5.41, 5.74) is 1.52. The maximum absolute atomic E-state index is 12.5. The molecule has 7 nitrogen and oxygen atoms in total. The van der Waals surface area contributed by atoms with Crippen LogP contribution in [0, 0.1) is 12.8 Å². The largest absolute Gasteiger partial charge is 0.356 e. The van der Waals surface area contributed by atoms with Gasteiger partial charge in [0.1, 0.15) is 0 Å². The number of carbonyl (C=O) groups is 2. The molecule has 122 valence electrons. The highest BCUT2D eigenvalue weighted by Gasteiger charge is 2.25. The van der Waals surface area contributed by atoms with E-state index in [1.54, 1.807) is 12.4 Å². The number of anilines is 1. The molecule has 2 aromatic heterocycles. The topological polar surface area (TPSA) is 88.9 Å². The van der Waals surface area contributed by atoms with Crippen molar-refractivity contribution in [1.82, 2.24) is 20.1 Å². The van der Waals surface area contributed by atoms with Crippen molar-refractivity contribution in [2.24, 2.45) is 5.92 Å². The van der Waals surface area contributed by atoms with Gasteiger partial charge < -0.3 is 5.32 Å². The molecule has 3 heterocycles. The Morgan fingerprint density at radius 2 is 2.26 bits per heavy atom. The van der Waals surface area contributed by atoms with Gasteiger partial charge in [-0.15, -0.1) is 11.3 Å². The minimum atomic E-state index is -0.180. The van der Waals surface area contributed by atoms with Crippen molar-refractivity contribution in [3.8, 4) is 0 Å². The number of aryl methyl sites for hydroxylation is 2. The Morgan fingerprint density at radius 1 is 1.43 bits per heavy atom. The molecule has 1 aliphatic heterocycles. The Bertz CT molecular complexity index is 736. The van der Waals surface area contributed by atoms with Gasteiger partial charge in [-0.2, -0.15) is 5.10 Å². The Hall–Kier alpha value is -2.22. The van der Waals surface area contributed by atoms with Crippen LogP contribution in [-0.2, 0) is 17.8 Å². The molecule has 0 aromatic carbocycles. The van der Waals surface area contributed by atoms with Crippen LogP contribution in [0.3, 0.4) is 0 Å². The summed E-state index contributed by atoms with van der Waals surface area (Å²) >= 11 is 1.44. The number of amides is 2. The van der Waals surface area contributed by atoms with Crippen molar-refractivity contribution >= 4 is 28.3 Å². The first kappa shape index (κ1) is 15.7. The van der Waals surface area contributed by atoms with E-state index in [4.69, 9.17) is 0 Å². The summed E-state index contributed by atoms with van der Waals surface area (Å²) in [7, 11) is 0. The van der Waals surface area contributed by atoms with E-state index in [0.29, 0.717) is 23.2 Å². The second kappa shape index (κ2) is 6.49. The molecule has 1 unspecified atom stereocenters. The highest BCUT2D eigenvalue weighted by Crippen LogP contribution is 2.24. The first-order valence-electron chi connectivity index (χ1n) is 7.56. The molecule has 1 aliphatic rings. The van der Waals surface area contributed by atoms with Crippen LogP contribution in [0.2, 0.25) is 0 Å². The lowest BCUT2D eigenvalue weighted by atomic mass is 9.94. The maximum Gasteiger partial charge on any atom is 0.260 e. The minimum absolute atomic E-state index is 0.0267. The molecule has 2 aromatic rings. The van der Waals surface area contributed by atoms with Gasteiger partial charge in [0.15, 0.2) is 5.13 Å². The highest BCUT2D eigenvalue weighted by atomic mass is 32.1. The second-order valence-corrected chi connectivity index (χ2v) is 6.99. The number of aromatic nitrogens is 3. The number of rotatable bonds is 4. The van der Waals surface area contributed by atoms with E-state index in [1.165, 1.54) is 18.3 Å². The Balaban J connectivity index is 1.71. The van der Waals surface area contributed by atoms with E-state index in [2.05, 4.69) is 20.7 Å². The number of thiazole rings is 1. The van der Waals surface area contributed by atoms with Gasteiger partial charge in [0.25, 0.3) is 5.91 Å². The molecule has 0 spiro atoms. The number of hydrogen-bond acceptors (Lipinski definition) is 5. The quantitative estimate of drug-likeness (QED) is 0.889. The lowest BCUT2D eigenvalue weighted by Crippen LogP contribution is -2.32. The van der Waals surface area contributed by atoms with Crippen LogP contribution in [-0.4, -0.2) is 33.1 Å². The predicted molar refractivity (Wildman–Crippen MR) is 87.5 cm³/mol. The summed E-state index contributed by atoms with van der Waals surface area (Å²) in [5, 5.41) is 10.6. The smallest absolute Gasteiger partial charge is 0.260 e. The summed E-state index contributed by atoms with van der Waals surface area (Å²) in [6.07, 6.45) is 5.03. The number of fused-ring (bicyclic) bond motifs is 1. The van der Waals surface area contributed by atoms with E-state index in [-0.39, 0.29) is 11.8 Å². The molecular weight excluding hydrogens is 314 g/mol. The SMILES string of the molecule is CC(=O)NCC1CCn2ncc(C(=O)Nc3ncc(C)s3)c2C1. The third-order valence-corrected chi connectivity index (χ3v) is 4.73. The number of nitrogens with one attached hydrogen (secondary N) is 2. The van der Waals surface area contributed by atoms with Gasteiger partial charge in [-0.05, 0) is 25.7 Å². The minimum Gasteiger partial charge on any atom is -0.356 e. The number of nitrogens with zero attached hydrogens (tertiary/aromatic N) is 3. The van der Waals surface area contributed by atoms with E-state index < -0.39 is 0 Å². The molecule has 2 amide bonds. The Kier molecular flexibility index (Phi) is 4.42. The number of carbonyl (C=O) groups excluding carboxylic acids is 2. The van der Waals surface area contributed by atoms with Crippen molar-refractivity contribution in [2.45, 2.75) is 33.2 Å². The molecule has 0 radical (unpaired) electrons. The summed E-state index contributed by atoms with van der Waals surface area (Å²) in [4.78, 5) is 28.7. The molecular formula is C15H19N5O2S. The van der Waals surface area contributed by atoms with Crippen LogP contribution < -0.4 is 10.6 Å². The number of hydrogen-bond donors (Lipinski definition) is 2. The monoisotopic (exact) mass is 333 g/mol. The van der Waals surface area contributed by atoms with Crippen molar-refractivity contribution in [3.05, 3.63) is 28.5 Å². The fourth-order valence-electron chi connectivity index (χ4n) is 2.73. The summed E-state index contributed by atoms with van der Waals surface area (Å²) in [6, 6.07) is 0. The fourth-order valence-corrected chi connectivity index (χ4v) is 3.39. The van der Waals surface area contributed by atoms with Crippen molar-refractivity contribution in [3.63, 3.8) is 0 Å². The van der Waals surface area contributed by atoms with Crippen LogP contribution in [0.5, 0.6) is 0 Å². The van der Waals surface area contributed by atoms with Gasteiger partial charge in [-0.3, -0.25) is 19.6 Å². The zero-order chi connectivity index (χ0) is 16.4. The van der Waals surface area contributed by atoms with Crippen molar-refractivity contribution < 1.29 is 9.59 Å². The van der Waals surface area contributed by atoms with Crippen molar-refractivity contribution in [2.75, 3.05) is 11.9 Å². The van der Waals surface area contributed by atoms with Gasteiger partial charge in [0.05, 0.1) is 17.5 Å². The molecule has 2 N–H and O–H groups in total. The zero-order valence-electron chi connectivity index (χ0n) is 13.1. The lowest BCUT2D eigenvalue weighted by Gasteiger charge is -2.24. The van der Waals surface area contributed by atoms with E-state index in [0.717, 1.165) is 30.0 Å². The Labute approximate surface area is 138 Å². The summed E-state index contributed by atoms with van der Waals surface area (Å²) in [6.45, 7) is 4.86. The van der Waals surface area contributed by atoms with Crippen LogP contribution in [0.25, 0.3) is 0 Å². The third kappa shape index (κ3) is 3.58. The van der Waals surface area contributed by atoms with E-state index in [9.17, 15) is 9.59 Å². The van der Waals surface area contributed by atoms with Gasteiger partial charge in [-0.25, -0.2) is 4.98 Å². The van der Waals surface area contributed by atoms with Crippen LogP contribution >= 0.6 is 11.3 Å². The molecule has 8 heteroatoms. The lowest BCUT2D eigenvalue weighted by molar-refractivity contribution is -0.119. The standard InChI is InChI=1S/C15H19N5O2S/c1-9-6-17-15(23-9)19-14(22)12-8-18-20-4-3-11(5-13(12)20)7-16-10(2)21/h6,8,11H,3-5,7H2,1-2H3,(H,16,21)(H,17,19,22). The first-order valence-corrected chi connectivity index (χ1v) is 8.37. The maximum atomic E-state index is 12.5. The molecule has 0 saturated heterocycles. The molecule has 0 aliphatic carbocycles. The van der Waals surface area contributed by atoms with Crippen molar-refractivity contribution in [1.29, 1.82) is 0 Å². The van der Waals surface area contributed by atoms with Gasteiger partial charge in [0.2, 0.25) is 5.91 Å². The van der Waals surface area contributed by atoms with Crippen LogP contribution in [0.4, 0.5) is 5.13 Å². The summed E-state index contributed by atoms with van der Waals surface area (Å²) < 4.78 is 1.88. The zero-order valence-corrected chi connectivity index (χ0v) is 13.9. The second-order valence-electron chi connectivity index (χ2n) is 5.75. The average Bonchev–Trinajstić information content (AvgIpc) is 3.10. The fraction of sp³-hybridized carbons (Fsp3) is 0.467. The van der Waals surface area contributed by atoms with Gasteiger partial charge in [-0.1, -0.05) is 0 Å².